The SMILES string of the molecule is Cc1nsc(N2CCN(C(=O)[C@H]3CNC[C@@H]3c3cnn(C)c3)CC2)n1.Cl.Cl. The van der Waals surface area contributed by atoms with Crippen molar-refractivity contribution in [3.05, 3.63) is 23.8 Å². The Morgan fingerprint density at radius 1 is 1.22 bits per heavy atom. The van der Waals surface area contributed by atoms with Gasteiger partial charge >= 0.3 is 0 Å². The highest BCUT2D eigenvalue weighted by molar-refractivity contribution is 7.09. The molecular formula is C16H25Cl2N7OS. The second-order valence-corrected chi connectivity index (χ2v) is 7.49. The van der Waals surface area contributed by atoms with Gasteiger partial charge in [-0.15, -0.1) is 24.8 Å². The summed E-state index contributed by atoms with van der Waals surface area (Å²) >= 11 is 1.43. The Hall–Kier alpha value is -1.42. The molecule has 27 heavy (non-hydrogen) atoms. The second kappa shape index (κ2) is 9.18. The van der Waals surface area contributed by atoms with E-state index in [0.717, 1.165) is 55.8 Å². The number of carbonyl (C=O) groups excluding carboxylic acids is 1. The van der Waals surface area contributed by atoms with Gasteiger partial charge in [-0.3, -0.25) is 9.48 Å². The average Bonchev–Trinajstić information content (AvgIpc) is 3.34. The van der Waals surface area contributed by atoms with Gasteiger partial charge in [0.25, 0.3) is 0 Å². The Bertz CT molecular complexity index is 760. The first-order valence-electron chi connectivity index (χ1n) is 8.65. The van der Waals surface area contributed by atoms with E-state index in [1.54, 1.807) is 4.68 Å². The maximum Gasteiger partial charge on any atom is 0.227 e. The quantitative estimate of drug-likeness (QED) is 0.779. The van der Waals surface area contributed by atoms with Crippen molar-refractivity contribution in [2.24, 2.45) is 13.0 Å². The number of nitrogens with one attached hydrogen (secondary N) is 1. The molecule has 150 valence electrons. The van der Waals surface area contributed by atoms with Crippen LogP contribution in [-0.4, -0.2) is 69.2 Å². The van der Waals surface area contributed by atoms with Crippen LogP contribution in [0.25, 0.3) is 0 Å². The number of halogens is 2. The summed E-state index contributed by atoms with van der Waals surface area (Å²) in [5.74, 6) is 1.28. The minimum Gasteiger partial charge on any atom is -0.343 e. The maximum atomic E-state index is 13.1. The normalized spacial score (nSPS) is 22.3. The van der Waals surface area contributed by atoms with Gasteiger partial charge in [0.15, 0.2) is 0 Å². The van der Waals surface area contributed by atoms with Crippen molar-refractivity contribution in [2.75, 3.05) is 44.2 Å². The van der Waals surface area contributed by atoms with Crippen LogP contribution in [0.5, 0.6) is 0 Å². The van der Waals surface area contributed by atoms with E-state index in [9.17, 15) is 4.79 Å². The van der Waals surface area contributed by atoms with Gasteiger partial charge in [0, 0.05) is 70.0 Å². The molecule has 11 heteroatoms. The maximum absolute atomic E-state index is 13.1. The lowest BCUT2D eigenvalue weighted by molar-refractivity contribution is -0.135. The minimum atomic E-state index is -0.000441. The summed E-state index contributed by atoms with van der Waals surface area (Å²) in [6.45, 7) is 6.61. The van der Waals surface area contributed by atoms with Crippen LogP contribution in [0.3, 0.4) is 0 Å². The molecule has 0 radical (unpaired) electrons. The standard InChI is InChI=1S/C16H23N7OS.2ClH/c1-11-19-16(25-20-11)23-5-3-22(4-6-23)15(24)14-9-17-8-13(14)12-7-18-21(2)10-12;;/h7,10,13-14,17H,3-6,8-9H2,1-2H3;2*1H/t13-,14+;;/m1../s1. The number of aryl methyl sites for hydroxylation is 2. The molecule has 0 aromatic carbocycles. The van der Waals surface area contributed by atoms with Gasteiger partial charge in [-0.25, -0.2) is 4.98 Å². The first-order chi connectivity index (χ1) is 12.1. The van der Waals surface area contributed by atoms with Gasteiger partial charge in [0.1, 0.15) is 5.82 Å². The van der Waals surface area contributed by atoms with Crippen molar-refractivity contribution in [3.8, 4) is 0 Å². The zero-order valence-corrected chi connectivity index (χ0v) is 17.8. The molecule has 2 saturated heterocycles. The summed E-state index contributed by atoms with van der Waals surface area (Å²) in [5.41, 5.74) is 1.15. The highest BCUT2D eigenvalue weighted by Crippen LogP contribution is 2.30. The second-order valence-electron chi connectivity index (χ2n) is 6.76. The topological polar surface area (TPSA) is 79.2 Å². The lowest BCUT2D eigenvalue weighted by Gasteiger charge is -2.36. The Labute approximate surface area is 175 Å². The highest BCUT2D eigenvalue weighted by atomic mass is 35.5. The summed E-state index contributed by atoms with van der Waals surface area (Å²) in [5, 5.41) is 8.59. The molecule has 8 nitrogen and oxygen atoms in total. The number of hydrogen-bond donors (Lipinski definition) is 1. The zero-order chi connectivity index (χ0) is 17.4. The van der Waals surface area contributed by atoms with Crippen LogP contribution in [-0.2, 0) is 11.8 Å². The summed E-state index contributed by atoms with van der Waals surface area (Å²) in [7, 11) is 1.91. The molecule has 2 aromatic rings. The molecule has 0 bridgehead atoms. The fraction of sp³-hybridized carbons (Fsp3) is 0.625. The predicted octanol–water partition coefficient (Wildman–Crippen LogP) is 1.08. The smallest absolute Gasteiger partial charge is 0.227 e. The van der Waals surface area contributed by atoms with E-state index < -0.39 is 0 Å². The molecule has 4 heterocycles. The molecule has 2 aliphatic rings. The van der Waals surface area contributed by atoms with E-state index in [1.165, 1.54) is 11.5 Å². The molecule has 4 rings (SSSR count). The van der Waals surface area contributed by atoms with Crippen LogP contribution < -0.4 is 10.2 Å². The molecule has 2 fully saturated rings. The number of rotatable bonds is 3. The first kappa shape index (κ1) is 21.9. The third kappa shape index (κ3) is 4.53. The van der Waals surface area contributed by atoms with Crippen molar-refractivity contribution >= 4 is 47.4 Å². The van der Waals surface area contributed by atoms with Crippen molar-refractivity contribution < 1.29 is 4.79 Å². The van der Waals surface area contributed by atoms with Crippen LogP contribution in [0.15, 0.2) is 12.4 Å². The van der Waals surface area contributed by atoms with Gasteiger partial charge in [0.05, 0.1) is 12.1 Å². The number of aromatic nitrogens is 4. The van der Waals surface area contributed by atoms with Crippen molar-refractivity contribution in [1.82, 2.24) is 29.4 Å². The summed E-state index contributed by atoms with van der Waals surface area (Å²) < 4.78 is 6.05. The molecule has 0 aliphatic carbocycles. The van der Waals surface area contributed by atoms with E-state index in [0.29, 0.717) is 0 Å². The summed E-state index contributed by atoms with van der Waals surface area (Å²) in [6.07, 6.45) is 3.90. The summed E-state index contributed by atoms with van der Waals surface area (Å²) in [6, 6.07) is 0. The van der Waals surface area contributed by atoms with E-state index in [1.807, 2.05) is 31.3 Å². The molecule has 2 aliphatic heterocycles. The van der Waals surface area contributed by atoms with E-state index in [4.69, 9.17) is 0 Å². The van der Waals surface area contributed by atoms with Gasteiger partial charge in [-0.05, 0) is 12.5 Å². The highest BCUT2D eigenvalue weighted by Gasteiger charge is 2.38. The Balaban J connectivity index is 0.00000131. The molecule has 1 amide bonds. The van der Waals surface area contributed by atoms with Gasteiger partial charge in [-0.1, -0.05) is 0 Å². The van der Waals surface area contributed by atoms with Crippen LogP contribution in [0.1, 0.15) is 17.3 Å². The van der Waals surface area contributed by atoms with Crippen LogP contribution >= 0.6 is 36.3 Å². The number of hydrogen-bond acceptors (Lipinski definition) is 7. The lowest BCUT2D eigenvalue weighted by atomic mass is 9.89. The fourth-order valence-corrected chi connectivity index (χ4v) is 4.41. The Morgan fingerprint density at radius 2 is 1.96 bits per heavy atom. The zero-order valence-electron chi connectivity index (χ0n) is 15.4. The molecular weight excluding hydrogens is 409 g/mol. The van der Waals surface area contributed by atoms with Crippen molar-refractivity contribution in [3.63, 3.8) is 0 Å². The molecule has 2 aromatic heterocycles. The molecule has 2 atom stereocenters. The Morgan fingerprint density at radius 3 is 2.56 bits per heavy atom. The third-order valence-corrected chi connectivity index (χ3v) is 5.93. The number of anilines is 1. The van der Waals surface area contributed by atoms with Crippen molar-refractivity contribution in [1.29, 1.82) is 0 Å². The largest absolute Gasteiger partial charge is 0.343 e. The molecule has 0 unspecified atom stereocenters. The number of nitrogens with zero attached hydrogens (tertiary/aromatic N) is 6. The van der Waals surface area contributed by atoms with Crippen LogP contribution in [0.4, 0.5) is 5.13 Å². The minimum absolute atomic E-state index is 0. The van der Waals surface area contributed by atoms with Crippen LogP contribution in [0, 0.1) is 12.8 Å². The monoisotopic (exact) mass is 433 g/mol. The first-order valence-corrected chi connectivity index (χ1v) is 9.42. The molecule has 0 saturated carbocycles. The molecule has 0 spiro atoms. The van der Waals surface area contributed by atoms with E-state index in [-0.39, 0.29) is 42.6 Å². The number of piperazine rings is 1. The predicted molar refractivity (Wildman–Crippen MR) is 110 cm³/mol. The third-order valence-electron chi connectivity index (χ3n) is 5.06. The van der Waals surface area contributed by atoms with Gasteiger partial charge < -0.3 is 15.1 Å². The fourth-order valence-electron chi connectivity index (χ4n) is 3.69. The molecule has 1 N–H and O–H groups in total. The average molecular weight is 434 g/mol. The number of amides is 1. The number of carbonyl (C=O) groups is 1. The van der Waals surface area contributed by atoms with Crippen molar-refractivity contribution in [2.45, 2.75) is 12.8 Å². The van der Waals surface area contributed by atoms with Gasteiger partial charge in [0.2, 0.25) is 11.0 Å². The van der Waals surface area contributed by atoms with E-state index in [2.05, 4.69) is 24.7 Å². The van der Waals surface area contributed by atoms with Gasteiger partial charge in [-0.2, -0.15) is 9.47 Å². The summed E-state index contributed by atoms with van der Waals surface area (Å²) in [4.78, 5) is 21.7. The Kier molecular flexibility index (Phi) is 7.44. The lowest BCUT2D eigenvalue weighted by Crippen LogP contribution is -2.51. The van der Waals surface area contributed by atoms with E-state index >= 15 is 0 Å². The van der Waals surface area contributed by atoms with Crippen LogP contribution in [0.2, 0.25) is 0 Å².